The SMILES string of the molecule is CNC[C@@H]1CCc2cc(-c3cccs3)ccc2[C@@H]1c1ccccc1.Cl. The highest BCUT2D eigenvalue weighted by atomic mass is 35.5. The molecule has 0 saturated carbocycles. The fourth-order valence-corrected chi connectivity index (χ4v) is 4.80. The third kappa shape index (κ3) is 3.67. The van der Waals surface area contributed by atoms with Crippen molar-refractivity contribution in [3.05, 3.63) is 82.7 Å². The largest absolute Gasteiger partial charge is 0.319 e. The van der Waals surface area contributed by atoms with Crippen LogP contribution in [0.4, 0.5) is 0 Å². The third-order valence-electron chi connectivity index (χ3n) is 5.16. The van der Waals surface area contributed by atoms with Gasteiger partial charge >= 0.3 is 0 Å². The second kappa shape index (κ2) is 8.18. The van der Waals surface area contributed by atoms with Crippen LogP contribution in [0.3, 0.4) is 0 Å². The summed E-state index contributed by atoms with van der Waals surface area (Å²) in [7, 11) is 2.07. The first-order valence-corrected chi connectivity index (χ1v) is 9.61. The molecule has 2 atom stereocenters. The monoisotopic (exact) mass is 369 g/mol. The number of hydrogen-bond donors (Lipinski definition) is 1. The van der Waals surface area contributed by atoms with Crippen molar-refractivity contribution in [1.82, 2.24) is 5.32 Å². The average molecular weight is 370 g/mol. The van der Waals surface area contributed by atoms with Crippen LogP contribution in [0.5, 0.6) is 0 Å². The molecule has 0 spiro atoms. The van der Waals surface area contributed by atoms with Gasteiger partial charge in [0.1, 0.15) is 0 Å². The normalized spacial score (nSPS) is 19.1. The van der Waals surface area contributed by atoms with Crippen LogP contribution < -0.4 is 5.32 Å². The van der Waals surface area contributed by atoms with Gasteiger partial charge in [-0.25, -0.2) is 0 Å². The zero-order chi connectivity index (χ0) is 16.4. The van der Waals surface area contributed by atoms with E-state index in [1.165, 1.54) is 40.0 Å². The molecule has 1 N–H and O–H groups in total. The van der Waals surface area contributed by atoms with Crippen LogP contribution in [0.1, 0.15) is 29.0 Å². The van der Waals surface area contributed by atoms with Crippen molar-refractivity contribution in [3.63, 3.8) is 0 Å². The van der Waals surface area contributed by atoms with Crippen LogP contribution in [-0.4, -0.2) is 13.6 Å². The Kier molecular flexibility index (Phi) is 5.95. The molecular weight excluding hydrogens is 346 g/mol. The van der Waals surface area contributed by atoms with Crippen molar-refractivity contribution in [2.24, 2.45) is 5.92 Å². The van der Waals surface area contributed by atoms with E-state index in [0.29, 0.717) is 11.8 Å². The minimum atomic E-state index is 0. The maximum Gasteiger partial charge on any atom is 0.0342 e. The van der Waals surface area contributed by atoms with Crippen LogP contribution in [0.15, 0.2) is 66.0 Å². The molecule has 130 valence electrons. The van der Waals surface area contributed by atoms with Gasteiger partial charge in [-0.15, -0.1) is 23.7 Å². The number of thiophene rings is 1. The van der Waals surface area contributed by atoms with E-state index in [1.807, 2.05) is 11.3 Å². The highest BCUT2D eigenvalue weighted by molar-refractivity contribution is 7.13. The van der Waals surface area contributed by atoms with Crippen LogP contribution in [0.25, 0.3) is 10.4 Å². The molecule has 1 aliphatic carbocycles. The fourth-order valence-electron chi connectivity index (χ4n) is 4.08. The zero-order valence-electron chi connectivity index (χ0n) is 14.4. The van der Waals surface area contributed by atoms with Crippen molar-refractivity contribution in [3.8, 4) is 10.4 Å². The lowest BCUT2D eigenvalue weighted by atomic mass is 9.71. The van der Waals surface area contributed by atoms with Gasteiger partial charge in [0.05, 0.1) is 0 Å². The van der Waals surface area contributed by atoms with Gasteiger partial charge in [0.2, 0.25) is 0 Å². The predicted molar refractivity (Wildman–Crippen MR) is 111 cm³/mol. The summed E-state index contributed by atoms with van der Waals surface area (Å²) in [5.41, 5.74) is 5.86. The van der Waals surface area contributed by atoms with Crippen LogP contribution in [-0.2, 0) is 6.42 Å². The summed E-state index contributed by atoms with van der Waals surface area (Å²) in [6, 6.07) is 22.5. The van der Waals surface area contributed by atoms with E-state index in [0.717, 1.165) is 6.54 Å². The molecule has 4 rings (SSSR count). The highest BCUT2D eigenvalue weighted by Gasteiger charge is 2.30. The van der Waals surface area contributed by atoms with E-state index in [-0.39, 0.29) is 12.4 Å². The molecule has 2 aromatic carbocycles. The number of hydrogen-bond acceptors (Lipinski definition) is 2. The van der Waals surface area contributed by atoms with Gasteiger partial charge in [0.25, 0.3) is 0 Å². The Labute approximate surface area is 160 Å². The second-order valence-electron chi connectivity index (χ2n) is 6.64. The summed E-state index contributed by atoms with van der Waals surface area (Å²) in [5, 5.41) is 5.56. The molecule has 3 aromatic rings. The first-order valence-electron chi connectivity index (χ1n) is 8.73. The van der Waals surface area contributed by atoms with E-state index in [9.17, 15) is 0 Å². The number of halogens is 1. The predicted octanol–water partition coefficient (Wildman–Crippen LogP) is 5.75. The van der Waals surface area contributed by atoms with Gasteiger partial charge < -0.3 is 5.32 Å². The fraction of sp³-hybridized carbons (Fsp3) is 0.273. The van der Waals surface area contributed by atoms with Crippen molar-refractivity contribution >= 4 is 23.7 Å². The molecule has 0 bridgehead atoms. The topological polar surface area (TPSA) is 12.0 Å². The zero-order valence-corrected chi connectivity index (χ0v) is 16.1. The number of nitrogens with one attached hydrogen (secondary N) is 1. The van der Waals surface area contributed by atoms with Gasteiger partial charge in [-0.1, -0.05) is 54.6 Å². The Hall–Kier alpha value is -1.61. The van der Waals surface area contributed by atoms with Crippen LogP contribution in [0.2, 0.25) is 0 Å². The molecule has 0 saturated heterocycles. The number of rotatable bonds is 4. The summed E-state index contributed by atoms with van der Waals surface area (Å²) in [6.45, 7) is 1.08. The minimum absolute atomic E-state index is 0. The van der Waals surface area contributed by atoms with E-state index >= 15 is 0 Å². The van der Waals surface area contributed by atoms with Crippen molar-refractivity contribution in [2.75, 3.05) is 13.6 Å². The first kappa shape index (κ1) is 18.2. The van der Waals surface area contributed by atoms with Gasteiger partial charge in [-0.3, -0.25) is 0 Å². The lowest BCUT2D eigenvalue weighted by Crippen LogP contribution is -2.29. The summed E-state index contributed by atoms with van der Waals surface area (Å²) in [6.07, 6.45) is 2.44. The van der Waals surface area contributed by atoms with Gasteiger partial charge in [0, 0.05) is 10.8 Å². The van der Waals surface area contributed by atoms with Crippen molar-refractivity contribution in [2.45, 2.75) is 18.8 Å². The standard InChI is InChI=1S/C22H23NS.ClH/c1-23-15-19-10-9-17-14-18(21-8-5-13-24-21)11-12-20(17)22(19)16-6-3-2-4-7-16;/h2-8,11-14,19,22-23H,9-10,15H2,1H3;1H/t19-,22+;/m0./s1. The molecule has 0 fully saturated rings. The van der Waals surface area contributed by atoms with Crippen molar-refractivity contribution < 1.29 is 0 Å². The Morgan fingerprint density at radius 2 is 1.88 bits per heavy atom. The Balaban J connectivity index is 0.00000182. The van der Waals surface area contributed by atoms with Gasteiger partial charge in [0.15, 0.2) is 0 Å². The van der Waals surface area contributed by atoms with Gasteiger partial charge in [-0.2, -0.15) is 0 Å². The number of fused-ring (bicyclic) bond motifs is 1. The number of aryl methyl sites for hydroxylation is 1. The Bertz CT molecular complexity index is 798. The molecule has 0 radical (unpaired) electrons. The first-order chi connectivity index (χ1) is 11.9. The quantitative estimate of drug-likeness (QED) is 0.617. The summed E-state index contributed by atoms with van der Waals surface area (Å²) < 4.78 is 0. The average Bonchev–Trinajstić information content (AvgIpc) is 3.17. The van der Waals surface area contributed by atoms with Crippen LogP contribution >= 0.6 is 23.7 Å². The smallest absolute Gasteiger partial charge is 0.0342 e. The maximum atomic E-state index is 3.40. The second-order valence-corrected chi connectivity index (χ2v) is 7.58. The molecule has 1 aliphatic rings. The highest BCUT2D eigenvalue weighted by Crippen LogP contribution is 2.42. The molecule has 3 heteroatoms. The molecular formula is C22H24ClNS. The third-order valence-corrected chi connectivity index (χ3v) is 6.08. The molecule has 25 heavy (non-hydrogen) atoms. The molecule has 0 aliphatic heterocycles. The van der Waals surface area contributed by atoms with Crippen molar-refractivity contribution in [1.29, 1.82) is 0 Å². The molecule has 1 nitrogen and oxygen atoms in total. The van der Waals surface area contributed by atoms with Gasteiger partial charge in [-0.05, 0) is 66.1 Å². The summed E-state index contributed by atoms with van der Waals surface area (Å²) in [5.74, 6) is 1.16. The van der Waals surface area contributed by atoms with E-state index in [2.05, 4.69) is 78.4 Å². The Morgan fingerprint density at radius 1 is 1.04 bits per heavy atom. The molecule has 0 amide bonds. The number of benzene rings is 2. The van der Waals surface area contributed by atoms with E-state index in [4.69, 9.17) is 0 Å². The molecule has 1 aromatic heterocycles. The lowest BCUT2D eigenvalue weighted by molar-refractivity contribution is 0.396. The molecule has 1 heterocycles. The Morgan fingerprint density at radius 3 is 2.60 bits per heavy atom. The summed E-state index contributed by atoms with van der Waals surface area (Å²) in [4.78, 5) is 1.37. The van der Waals surface area contributed by atoms with E-state index in [1.54, 1.807) is 0 Å². The van der Waals surface area contributed by atoms with Crippen LogP contribution in [0, 0.1) is 5.92 Å². The maximum absolute atomic E-state index is 3.40. The summed E-state index contributed by atoms with van der Waals surface area (Å²) >= 11 is 1.82. The molecule has 0 unspecified atom stereocenters. The lowest BCUT2D eigenvalue weighted by Gasteiger charge is -2.34. The van der Waals surface area contributed by atoms with E-state index < -0.39 is 0 Å². The minimum Gasteiger partial charge on any atom is -0.319 e.